The zero-order chi connectivity index (χ0) is 20.3. The van der Waals surface area contributed by atoms with E-state index in [2.05, 4.69) is 4.98 Å². The molecule has 1 aliphatic rings. The van der Waals surface area contributed by atoms with Crippen LogP contribution in [0.1, 0.15) is 17.2 Å². The van der Waals surface area contributed by atoms with Crippen molar-refractivity contribution in [2.24, 2.45) is 0 Å². The number of ketones is 1. The number of nitrogens with one attached hydrogen (secondary N) is 1. The van der Waals surface area contributed by atoms with E-state index in [1.165, 1.54) is 12.0 Å². The topological polar surface area (TPSA) is 84.2 Å². The fourth-order valence-corrected chi connectivity index (χ4v) is 3.27. The molecule has 3 rings (SSSR count). The first kappa shape index (κ1) is 19.6. The third kappa shape index (κ3) is 3.75. The number of hydrogen-bond donors (Lipinski definition) is 2. The second-order valence-corrected chi connectivity index (χ2v) is 6.96. The summed E-state index contributed by atoms with van der Waals surface area (Å²) >= 11 is 0. The van der Waals surface area contributed by atoms with Crippen LogP contribution in [0, 0.1) is 0 Å². The molecule has 1 fully saturated rings. The SMILES string of the molecule is COc1cccc(C(O)=C2C(=O)C(=O)N(CC[NH+](C)C)[C@H]2c2ccncc2)c1. The number of nitrogens with zero attached hydrogens (tertiary/aromatic N) is 2. The van der Waals surface area contributed by atoms with Crippen LogP contribution in [0.3, 0.4) is 0 Å². The molecule has 0 spiro atoms. The smallest absolute Gasteiger partial charge is 0.295 e. The van der Waals surface area contributed by atoms with E-state index >= 15 is 0 Å². The predicted molar refractivity (Wildman–Crippen MR) is 104 cm³/mol. The van der Waals surface area contributed by atoms with Crippen molar-refractivity contribution in [2.75, 3.05) is 34.3 Å². The lowest BCUT2D eigenvalue weighted by atomic mass is 9.96. The highest BCUT2D eigenvalue weighted by Crippen LogP contribution is 2.39. The molecule has 28 heavy (non-hydrogen) atoms. The Labute approximate surface area is 163 Å². The highest BCUT2D eigenvalue weighted by atomic mass is 16.5. The monoisotopic (exact) mass is 382 g/mol. The Morgan fingerprint density at radius 2 is 1.93 bits per heavy atom. The Morgan fingerprint density at radius 1 is 1.21 bits per heavy atom. The summed E-state index contributed by atoms with van der Waals surface area (Å²) in [5, 5.41) is 11.0. The molecule has 2 N–H and O–H groups in total. The molecule has 7 nitrogen and oxygen atoms in total. The van der Waals surface area contributed by atoms with Gasteiger partial charge in [-0.1, -0.05) is 12.1 Å². The number of Topliss-reactive ketones (excluding diaryl/α,β-unsaturated/α-hetero) is 1. The number of likely N-dealkylation sites (tertiary alicyclic amines) is 1. The highest BCUT2D eigenvalue weighted by Gasteiger charge is 2.46. The van der Waals surface area contributed by atoms with E-state index in [0.717, 1.165) is 10.5 Å². The number of carbonyl (C=O) groups excluding carboxylic acids is 2. The maximum absolute atomic E-state index is 12.9. The normalized spacial score (nSPS) is 18.7. The van der Waals surface area contributed by atoms with Crippen LogP contribution in [-0.2, 0) is 9.59 Å². The largest absolute Gasteiger partial charge is 0.507 e. The zero-order valence-electron chi connectivity index (χ0n) is 16.2. The molecular formula is C21H24N3O4+. The van der Waals surface area contributed by atoms with Gasteiger partial charge in [0, 0.05) is 18.0 Å². The Balaban J connectivity index is 2.13. The van der Waals surface area contributed by atoms with E-state index in [-0.39, 0.29) is 11.3 Å². The lowest BCUT2D eigenvalue weighted by Crippen LogP contribution is -3.06. The van der Waals surface area contributed by atoms with E-state index in [4.69, 9.17) is 4.74 Å². The number of ether oxygens (including phenoxy) is 1. The van der Waals surface area contributed by atoms with E-state index in [9.17, 15) is 14.7 Å². The van der Waals surface area contributed by atoms with Crippen LogP contribution in [-0.4, -0.2) is 61.0 Å². The number of amides is 1. The average Bonchev–Trinajstić information content (AvgIpc) is 2.97. The first-order chi connectivity index (χ1) is 13.4. The Morgan fingerprint density at radius 3 is 2.57 bits per heavy atom. The third-order valence-electron chi connectivity index (χ3n) is 4.76. The molecular weight excluding hydrogens is 358 g/mol. The van der Waals surface area contributed by atoms with Gasteiger partial charge in [-0.25, -0.2) is 0 Å². The molecule has 1 amide bonds. The van der Waals surface area contributed by atoms with Crippen LogP contribution >= 0.6 is 0 Å². The number of likely N-dealkylation sites (N-methyl/N-ethyl adjacent to an activating group) is 1. The average molecular weight is 382 g/mol. The van der Waals surface area contributed by atoms with Crippen molar-refractivity contribution in [3.05, 3.63) is 65.5 Å². The molecule has 0 unspecified atom stereocenters. The van der Waals surface area contributed by atoms with Crippen molar-refractivity contribution in [2.45, 2.75) is 6.04 Å². The number of aliphatic hydroxyl groups is 1. The minimum atomic E-state index is -0.684. The van der Waals surface area contributed by atoms with Gasteiger partial charge < -0.3 is 19.6 Å². The number of methoxy groups -OCH3 is 1. The number of hydrogen-bond acceptors (Lipinski definition) is 5. The molecule has 1 aromatic carbocycles. The van der Waals surface area contributed by atoms with Gasteiger partial charge in [0.1, 0.15) is 11.5 Å². The van der Waals surface area contributed by atoms with Crippen LogP contribution in [0.4, 0.5) is 0 Å². The summed E-state index contributed by atoms with van der Waals surface area (Å²) < 4.78 is 5.21. The standard InChI is InChI=1S/C21H23N3O4/c1-23(2)11-12-24-18(14-7-9-22-10-8-14)17(20(26)21(24)27)19(25)15-5-4-6-16(13-15)28-3/h4-10,13,18,25H,11-12H2,1-3H3/p+1/t18-/m0/s1. The molecule has 1 aromatic heterocycles. The summed E-state index contributed by atoms with van der Waals surface area (Å²) in [5.41, 5.74) is 1.24. The van der Waals surface area contributed by atoms with Crippen LogP contribution in [0.2, 0.25) is 0 Å². The first-order valence-electron chi connectivity index (χ1n) is 9.05. The Hall–Kier alpha value is -3.19. The van der Waals surface area contributed by atoms with Gasteiger partial charge in [0.2, 0.25) is 0 Å². The van der Waals surface area contributed by atoms with Gasteiger partial charge in [-0.05, 0) is 29.8 Å². The molecule has 2 heterocycles. The second-order valence-electron chi connectivity index (χ2n) is 6.96. The fraction of sp³-hybridized carbons (Fsp3) is 0.286. The first-order valence-corrected chi connectivity index (χ1v) is 9.05. The number of aromatic nitrogens is 1. The maximum Gasteiger partial charge on any atom is 0.295 e. The maximum atomic E-state index is 12.9. The van der Waals surface area contributed by atoms with Gasteiger partial charge in [0.25, 0.3) is 11.7 Å². The van der Waals surface area contributed by atoms with Gasteiger partial charge >= 0.3 is 0 Å². The molecule has 7 heteroatoms. The number of quaternary nitrogens is 1. The number of aliphatic hydroxyl groups excluding tert-OH is 1. The molecule has 1 atom stereocenters. The molecule has 146 valence electrons. The highest BCUT2D eigenvalue weighted by molar-refractivity contribution is 6.46. The minimum absolute atomic E-state index is 0.0817. The molecule has 1 aliphatic heterocycles. The Bertz CT molecular complexity index is 909. The van der Waals surface area contributed by atoms with Crippen molar-refractivity contribution < 1.29 is 24.3 Å². The third-order valence-corrected chi connectivity index (χ3v) is 4.76. The number of rotatable bonds is 6. The van der Waals surface area contributed by atoms with Gasteiger partial charge in [-0.15, -0.1) is 0 Å². The van der Waals surface area contributed by atoms with E-state index in [0.29, 0.717) is 24.4 Å². The zero-order valence-corrected chi connectivity index (χ0v) is 16.2. The molecule has 0 bridgehead atoms. The van der Waals surface area contributed by atoms with Crippen molar-refractivity contribution in [3.8, 4) is 5.75 Å². The van der Waals surface area contributed by atoms with Crippen LogP contribution in [0.25, 0.3) is 5.76 Å². The fourth-order valence-electron chi connectivity index (χ4n) is 3.27. The number of benzene rings is 1. The van der Waals surface area contributed by atoms with Gasteiger partial charge in [-0.3, -0.25) is 14.6 Å². The van der Waals surface area contributed by atoms with E-state index < -0.39 is 17.7 Å². The number of pyridine rings is 1. The van der Waals surface area contributed by atoms with Crippen LogP contribution < -0.4 is 9.64 Å². The van der Waals surface area contributed by atoms with Gasteiger partial charge in [0.05, 0.1) is 45.9 Å². The van der Waals surface area contributed by atoms with Gasteiger partial charge in [-0.2, -0.15) is 0 Å². The Kier molecular flexibility index (Phi) is 5.75. The molecule has 2 aromatic rings. The lowest BCUT2D eigenvalue weighted by molar-refractivity contribution is -0.857. The summed E-state index contributed by atoms with van der Waals surface area (Å²) in [6, 6.07) is 9.63. The lowest BCUT2D eigenvalue weighted by Gasteiger charge is -2.25. The minimum Gasteiger partial charge on any atom is -0.507 e. The van der Waals surface area contributed by atoms with Crippen molar-refractivity contribution in [3.63, 3.8) is 0 Å². The van der Waals surface area contributed by atoms with Gasteiger partial charge in [0.15, 0.2) is 0 Å². The van der Waals surface area contributed by atoms with Crippen LogP contribution in [0.15, 0.2) is 54.4 Å². The molecule has 0 radical (unpaired) electrons. The van der Waals surface area contributed by atoms with Crippen molar-refractivity contribution >= 4 is 17.4 Å². The summed E-state index contributed by atoms with van der Waals surface area (Å²) in [5.74, 6) is -0.947. The quantitative estimate of drug-likeness (QED) is 0.436. The summed E-state index contributed by atoms with van der Waals surface area (Å²) in [7, 11) is 5.49. The van der Waals surface area contributed by atoms with Crippen molar-refractivity contribution in [1.82, 2.24) is 9.88 Å². The van der Waals surface area contributed by atoms with Crippen LogP contribution in [0.5, 0.6) is 5.75 Å². The molecule has 0 aliphatic carbocycles. The van der Waals surface area contributed by atoms with E-state index in [1.54, 1.807) is 48.8 Å². The van der Waals surface area contributed by atoms with E-state index in [1.807, 2.05) is 14.1 Å². The summed E-state index contributed by atoms with van der Waals surface area (Å²) in [6.07, 6.45) is 3.22. The molecule has 1 saturated heterocycles. The summed E-state index contributed by atoms with van der Waals surface area (Å²) in [4.78, 5) is 32.3. The molecule has 0 saturated carbocycles. The summed E-state index contributed by atoms with van der Waals surface area (Å²) in [6.45, 7) is 1.07. The predicted octanol–water partition coefficient (Wildman–Crippen LogP) is 0.656. The van der Waals surface area contributed by atoms with Crippen molar-refractivity contribution in [1.29, 1.82) is 0 Å². The number of carbonyl (C=O) groups is 2. The second kappa shape index (κ2) is 8.22.